The van der Waals surface area contributed by atoms with Crippen molar-refractivity contribution in [1.82, 2.24) is 15.5 Å². The van der Waals surface area contributed by atoms with Crippen molar-refractivity contribution in [1.29, 1.82) is 5.53 Å². The van der Waals surface area contributed by atoms with E-state index in [2.05, 4.69) is 20.7 Å². The van der Waals surface area contributed by atoms with Crippen LogP contribution >= 0.6 is 0 Å². The normalized spacial score (nSPS) is 13.7. The van der Waals surface area contributed by atoms with Gasteiger partial charge in [-0.2, -0.15) is 5.11 Å². The predicted molar refractivity (Wildman–Crippen MR) is 201 cm³/mol. The minimum atomic E-state index is -1.18. The molecule has 4 amide bonds. The zero-order valence-corrected chi connectivity index (χ0v) is 32.0. The first-order chi connectivity index (χ1) is 26.9. The lowest BCUT2D eigenvalue weighted by Gasteiger charge is -2.19. The van der Waals surface area contributed by atoms with E-state index in [1.807, 2.05) is 0 Å². The van der Waals surface area contributed by atoms with Crippen molar-refractivity contribution in [3.8, 4) is 5.75 Å². The number of imide groups is 1. The number of carboxylic acids is 1. The molecule has 0 radical (unpaired) electrons. The van der Waals surface area contributed by atoms with Crippen molar-refractivity contribution in [2.75, 3.05) is 79.1 Å². The number of hydrogen-bond acceptors (Lipinski definition) is 14. The number of nitrogens with one attached hydrogen (secondary N) is 3. The number of aliphatic imine (C=N–C) groups is 1. The van der Waals surface area contributed by atoms with Gasteiger partial charge in [0.05, 0.1) is 77.1 Å². The van der Waals surface area contributed by atoms with E-state index < -0.39 is 35.7 Å². The molecule has 1 aliphatic heterocycles. The van der Waals surface area contributed by atoms with Gasteiger partial charge in [0.1, 0.15) is 30.0 Å². The molecule has 2 unspecified atom stereocenters. The summed E-state index contributed by atoms with van der Waals surface area (Å²) in [6.07, 6.45) is 0.944. The second-order valence-electron chi connectivity index (χ2n) is 13.3. The molecular weight excluding hydrogens is 732 g/mol. The molecule has 306 valence electrons. The summed E-state index contributed by atoms with van der Waals surface area (Å²) in [6, 6.07) is 11.6. The number of nitrogens with zero attached hydrogens (tertiary/aromatic N) is 3. The van der Waals surface area contributed by atoms with Crippen LogP contribution in [0.2, 0.25) is 0 Å². The molecule has 0 aromatic heterocycles. The SMILES string of the molecule is CC(C)(C)OC(=O)NCCN=CC(COc1ccc(CC(NC(=O)CCOCCOCCOCCOCCN2C(=O)c3ccccc3C2=O)C(=O)O)cc1)N=N. The predicted octanol–water partition coefficient (Wildman–Crippen LogP) is 2.93. The van der Waals surface area contributed by atoms with Gasteiger partial charge in [0.15, 0.2) is 0 Å². The Morgan fingerprint density at radius 3 is 1.98 bits per heavy atom. The molecule has 0 fully saturated rings. The zero-order chi connectivity index (χ0) is 40.8. The summed E-state index contributed by atoms with van der Waals surface area (Å²) in [5, 5.41) is 18.3. The monoisotopic (exact) mass is 784 g/mol. The Hall–Kier alpha value is -5.30. The third kappa shape index (κ3) is 17.0. The van der Waals surface area contributed by atoms with E-state index in [1.165, 1.54) is 11.1 Å². The molecule has 18 nitrogen and oxygen atoms in total. The minimum absolute atomic E-state index is 0.0293. The van der Waals surface area contributed by atoms with Crippen LogP contribution in [-0.2, 0) is 39.7 Å². The van der Waals surface area contributed by atoms with Gasteiger partial charge >= 0.3 is 12.1 Å². The number of benzene rings is 2. The Balaban J connectivity index is 1.18. The van der Waals surface area contributed by atoms with Gasteiger partial charge in [-0.25, -0.2) is 15.1 Å². The molecule has 0 spiro atoms. The number of ether oxygens (including phenoxy) is 6. The van der Waals surface area contributed by atoms with Crippen molar-refractivity contribution in [2.24, 2.45) is 10.1 Å². The average Bonchev–Trinajstić information content (AvgIpc) is 3.40. The third-order valence-corrected chi connectivity index (χ3v) is 7.70. The van der Waals surface area contributed by atoms with E-state index in [4.69, 9.17) is 34.0 Å². The molecule has 0 saturated heterocycles. The molecule has 1 heterocycles. The van der Waals surface area contributed by atoms with Crippen LogP contribution in [0.4, 0.5) is 4.79 Å². The summed E-state index contributed by atoms with van der Waals surface area (Å²) >= 11 is 0. The lowest BCUT2D eigenvalue weighted by Crippen LogP contribution is -2.42. The van der Waals surface area contributed by atoms with Crippen molar-refractivity contribution in [3.63, 3.8) is 0 Å². The van der Waals surface area contributed by atoms with Gasteiger partial charge in [-0.3, -0.25) is 24.3 Å². The van der Waals surface area contributed by atoms with Gasteiger partial charge in [0.2, 0.25) is 5.91 Å². The molecular formula is C38H52N6O12. The molecule has 56 heavy (non-hydrogen) atoms. The first kappa shape index (κ1) is 45.1. The first-order valence-corrected chi connectivity index (χ1v) is 18.2. The smallest absolute Gasteiger partial charge is 0.407 e. The van der Waals surface area contributed by atoms with Crippen LogP contribution in [0.15, 0.2) is 58.6 Å². The Labute approximate surface area is 325 Å². The lowest BCUT2D eigenvalue weighted by atomic mass is 10.1. The summed E-state index contributed by atoms with van der Waals surface area (Å²) in [5.74, 6) is -1.80. The quantitative estimate of drug-likeness (QED) is 0.0443. The van der Waals surface area contributed by atoms with E-state index in [0.717, 1.165) is 0 Å². The summed E-state index contributed by atoms with van der Waals surface area (Å²) in [5.41, 5.74) is 8.25. The lowest BCUT2D eigenvalue weighted by molar-refractivity contribution is -0.142. The second kappa shape index (κ2) is 24.3. The van der Waals surface area contributed by atoms with Gasteiger partial charge in [-0.15, -0.1) is 0 Å². The standard InChI is InChI=1S/C38H52N6O12/c1-38(2,3)56-37(50)41-14-13-40-25-28(43-39)26-55-29-10-8-27(9-11-29)24-32(36(48)49)42-33(45)12-16-51-18-20-53-22-23-54-21-19-52-17-15-44-34(46)30-6-4-5-7-31(30)35(44)47/h4-11,25,28,32,39H,12-24,26H2,1-3H3,(H,41,50)(H,42,45)(H,48,49). The summed E-state index contributed by atoms with van der Waals surface area (Å²) in [7, 11) is 0. The highest BCUT2D eigenvalue weighted by Crippen LogP contribution is 2.22. The van der Waals surface area contributed by atoms with Gasteiger partial charge in [0, 0.05) is 25.6 Å². The van der Waals surface area contributed by atoms with Gasteiger partial charge in [-0.05, 0) is 50.6 Å². The van der Waals surface area contributed by atoms with E-state index in [0.29, 0.717) is 48.9 Å². The molecule has 2 atom stereocenters. The molecule has 3 rings (SSSR count). The maximum atomic E-state index is 12.4. The second-order valence-corrected chi connectivity index (χ2v) is 13.3. The number of hydrogen-bond donors (Lipinski definition) is 4. The number of rotatable bonds is 27. The highest BCUT2D eigenvalue weighted by atomic mass is 16.6. The maximum absolute atomic E-state index is 12.4. The van der Waals surface area contributed by atoms with Crippen LogP contribution in [0.5, 0.6) is 5.75 Å². The largest absolute Gasteiger partial charge is 0.491 e. The van der Waals surface area contributed by atoms with Gasteiger partial charge in [-0.1, -0.05) is 24.3 Å². The molecule has 2 aromatic rings. The molecule has 1 aliphatic rings. The van der Waals surface area contributed by atoms with Crippen molar-refractivity contribution in [2.45, 2.75) is 51.3 Å². The summed E-state index contributed by atoms with van der Waals surface area (Å²) in [4.78, 5) is 65.9. The molecule has 4 N–H and O–H groups in total. The Bertz CT molecular complexity index is 1580. The molecule has 0 bridgehead atoms. The average molecular weight is 785 g/mol. The highest BCUT2D eigenvalue weighted by Gasteiger charge is 2.34. The topological polar surface area (TPSA) is 237 Å². The summed E-state index contributed by atoms with van der Waals surface area (Å²) in [6.45, 7) is 8.10. The van der Waals surface area contributed by atoms with Crippen LogP contribution in [0.3, 0.4) is 0 Å². The molecule has 0 saturated carbocycles. The highest BCUT2D eigenvalue weighted by molar-refractivity contribution is 6.21. The summed E-state index contributed by atoms with van der Waals surface area (Å²) < 4.78 is 32.6. The fourth-order valence-electron chi connectivity index (χ4n) is 4.98. The van der Waals surface area contributed by atoms with E-state index in [-0.39, 0.29) is 77.3 Å². The number of carbonyl (C=O) groups is 5. The van der Waals surface area contributed by atoms with E-state index in [1.54, 1.807) is 69.3 Å². The number of aliphatic carboxylic acids is 1. The number of carboxylic acid groups (broad SMARTS) is 1. The van der Waals surface area contributed by atoms with Crippen molar-refractivity contribution >= 4 is 36.0 Å². The molecule has 18 heteroatoms. The van der Waals surface area contributed by atoms with Crippen molar-refractivity contribution < 1.29 is 57.5 Å². The first-order valence-electron chi connectivity index (χ1n) is 18.2. The van der Waals surface area contributed by atoms with Crippen LogP contribution in [0, 0.1) is 5.53 Å². The Morgan fingerprint density at radius 1 is 0.857 bits per heavy atom. The van der Waals surface area contributed by atoms with Crippen LogP contribution < -0.4 is 15.4 Å². The van der Waals surface area contributed by atoms with Crippen LogP contribution in [-0.4, -0.2) is 143 Å². The number of fused-ring (bicyclic) bond motifs is 1. The van der Waals surface area contributed by atoms with E-state index >= 15 is 0 Å². The fourth-order valence-corrected chi connectivity index (χ4v) is 4.98. The van der Waals surface area contributed by atoms with Crippen molar-refractivity contribution in [3.05, 3.63) is 65.2 Å². The third-order valence-electron chi connectivity index (χ3n) is 7.70. The Morgan fingerprint density at radius 2 is 1.43 bits per heavy atom. The Kier molecular flexibility index (Phi) is 19.5. The van der Waals surface area contributed by atoms with Crippen LogP contribution in [0.25, 0.3) is 0 Å². The van der Waals surface area contributed by atoms with Gasteiger partial charge in [0.25, 0.3) is 11.8 Å². The van der Waals surface area contributed by atoms with E-state index in [9.17, 15) is 29.1 Å². The number of alkyl carbamates (subject to hydrolysis) is 1. The number of amides is 4. The van der Waals surface area contributed by atoms with Crippen LogP contribution in [0.1, 0.15) is 53.5 Å². The molecule has 0 aliphatic carbocycles. The molecule has 2 aromatic carbocycles. The maximum Gasteiger partial charge on any atom is 0.407 e. The zero-order valence-electron chi connectivity index (χ0n) is 32.0. The number of carbonyl (C=O) groups excluding carboxylic acids is 4. The minimum Gasteiger partial charge on any atom is -0.491 e. The fraction of sp³-hybridized carbons (Fsp3) is 0.526. The van der Waals surface area contributed by atoms with Gasteiger partial charge < -0.3 is 44.2 Å².